The van der Waals surface area contributed by atoms with Crippen LogP contribution >= 0.6 is 0 Å². The highest BCUT2D eigenvalue weighted by molar-refractivity contribution is 5.85. The maximum absolute atomic E-state index is 11.7. The Balaban J connectivity index is 1.36. The lowest BCUT2D eigenvalue weighted by Gasteiger charge is -2.58. The molecule has 0 aromatic rings. The van der Waals surface area contributed by atoms with Gasteiger partial charge in [0.05, 0.1) is 6.10 Å². The van der Waals surface area contributed by atoms with Gasteiger partial charge in [0, 0.05) is 11.5 Å². The van der Waals surface area contributed by atoms with Crippen LogP contribution in [0.5, 0.6) is 0 Å². The smallest absolute Gasteiger partial charge is 0.331 e. The van der Waals surface area contributed by atoms with Crippen LogP contribution in [0.15, 0.2) is 11.6 Å². The van der Waals surface area contributed by atoms with Crippen molar-refractivity contribution in [2.24, 2.45) is 28.6 Å². The van der Waals surface area contributed by atoms with Gasteiger partial charge in [-0.1, -0.05) is 13.8 Å². The van der Waals surface area contributed by atoms with Gasteiger partial charge in [-0.2, -0.15) is 0 Å². The normalized spacial score (nSPS) is 58.5. The zero-order valence-electron chi connectivity index (χ0n) is 16.6. The topological polar surface area (TPSA) is 59.1 Å². The number of esters is 1. The number of hydrogen-bond donors (Lipinski definition) is 1. The van der Waals surface area contributed by atoms with Crippen LogP contribution in [0, 0.1) is 28.6 Å². The quantitative estimate of drug-likeness (QED) is 0.562. The summed E-state index contributed by atoms with van der Waals surface area (Å²) in [4.78, 5) is 11.7. The van der Waals surface area contributed by atoms with Gasteiger partial charge in [0.1, 0.15) is 17.8 Å². The monoisotopic (exact) mass is 372 g/mol. The van der Waals surface area contributed by atoms with Gasteiger partial charge >= 0.3 is 5.97 Å². The average Bonchev–Trinajstić information content (AvgIpc) is 2.94. The Hall–Kier alpha value is -0.870. The van der Waals surface area contributed by atoms with Crippen molar-refractivity contribution in [2.45, 2.75) is 88.9 Å². The first-order valence-electron chi connectivity index (χ1n) is 11.1. The van der Waals surface area contributed by atoms with E-state index in [9.17, 15) is 9.90 Å². The van der Waals surface area contributed by atoms with Crippen molar-refractivity contribution in [3.05, 3.63) is 11.6 Å². The number of aliphatic hydroxyl groups is 1. The van der Waals surface area contributed by atoms with Crippen LogP contribution in [0.1, 0.15) is 71.6 Å². The molecule has 5 fully saturated rings. The van der Waals surface area contributed by atoms with Crippen molar-refractivity contribution < 1.29 is 19.4 Å². The highest BCUT2D eigenvalue weighted by atomic mass is 16.6. The van der Waals surface area contributed by atoms with E-state index < -0.39 is 0 Å². The Bertz CT molecular complexity index is 745. The summed E-state index contributed by atoms with van der Waals surface area (Å²) in [7, 11) is 0. The van der Waals surface area contributed by atoms with E-state index in [0.29, 0.717) is 29.8 Å². The van der Waals surface area contributed by atoms with Crippen molar-refractivity contribution in [1.29, 1.82) is 0 Å². The molecule has 0 bridgehead atoms. The summed E-state index contributed by atoms with van der Waals surface area (Å²) in [5.41, 5.74) is 1.76. The van der Waals surface area contributed by atoms with Crippen LogP contribution in [0.3, 0.4) is 0 Å². The first-order valence-corrected chi connectivity index (χ1v) is 11.1. The van der Waals surface area contributed by atoms with Gasteiger partial charge in [-0.3, -0.25) is 0 Å². The van der Waals surface area contributed by atoms with Gasteiger partial charge < -0.3 is 14.6 Å². The second-order valence-corrected chi connectivity index (χ2v) is 10.9. The summed E-state index contributed by atoms with van der Waals surface area (Å²) in [6, 6.07) is 0. The molecule has 1 N–H and O–H groups in total. The van der Waals surface area contributed by atoms with Crippen LogP contribution in [0.25, 0.3) is 0 Å². The summed E-state index contributed by atoms with van der Waals surface area (Å²) in [6.07, 6.45) is 11.8. The summed E-state index contributed by atoms with van der Waals surface area (Å²) in [5, 5.41) is 10.2. The fourth-order valence-corrected chi connectivity index (χ4v) is 8.95. The molecular formula is C23H32O4. The molecule has 4 saturated carbocycles. The zero-order valence-corrected chi connectivity index (χ0v) is 16.6. The molecule has 2 aliphatic heterocycles. The molecule has 148 valence electrons. The van der Waals surface area contributed by atoms with Crippen LogP contribution in [-0.2, 0) is 14.3 Å². The van der Waals surface area contributed by atoms with Gasteiger partial charge in [-0.25, -0.2) is 4.79 Å². The Morgan fingerprint density at radius 1 is 1.07 bits per heavy atom. The van der Waals surface area contributed by atoms with Crippen molar-refractivity contribution in [1.82, 2.24) is 0 Å². The van der Waals surface area contributed by atoms with Crippen molar-refractivity contribution >= 4 is 5.97 Å². The van der Waals surface area contributed by atoms with Crippen molar-refractivity contribution in [3.8, 4) is 0 Å². The van der Waals surface area contributed by atoms with Gasteiger partial charge in [0.25, 0.3) is 0 Å². The third kappa shape index (κ3) is 1.81. The third-order valence-corrected chi connectivity index (χ3v) is 10.3. The first kappa shape index (κ1) is 17.0. The van der Waals surface area contributed by atoms with E-state index in [2.05, 4.69) is 13.8 Å². The second-order valence-electron chi connectivity index (χ2n) is 10.9. The molecule has 0 aromatic heterocycles. The largest absolute Gasteiger partial charge is 0.458 e. The Morgan fingerprint density at radius 2 is 1.93 bits per heavy atom. The maximum Gasteiger partial charge on any atom is 0.331 e. The highest BCUT2D eigenvalue weighted by Gasteiger charge is 2.86. The fourth-order valence-electron chi connectivity index (χ4n) is 8.95. The summed E-state index contributed by atoms with van der Waals surface area (Å²) < 4.78 is 12.2. The zero-order chi connectivity index (χ0) is 18.7. The van der Waals surface area contributed by atoms with E-state index in [1.165, 1.54) is 31.3 Å². The predicted molar refractivity (Wildman–Crippen MR) is 99.8 cm³/mol. The molecule has 2 spiro atoms. The minimum Gasteiger partial charge on any atom is -0.458 e. The van der Waals surface area contributed by atoms with Crippen LogP contribution in [0.4, 0.5) is 0 Å². The number of fused-ring (bicyclic) bond motifs is 2. The lowest BCUT2D eigenvalue weighted by Crippen LogP contribution is -2.58. The molecule has 0 amide bonds. The first-order chi connectivity index (χ1) is 12.8. The molecule has 8 unspecified atom stereocenters. The molecule has 8 atom stereocenters. The third-order valence-electron chi connectivity index (χ3n) is 10.3. The van der Waals surface area contributed by atoms with Crippen LogP contribution in [0.2, 0.25) is 0 Å². The minimum absolute atomic E-state index is 0.0180. The summed E-state index contributed by atoms with van der Waals surface area (Å²) >= 11 is 0. The number of carbonyl (C=O) groups excluding carboxylic acids is 1. The molecule has 6 rings (SSSR count). The lowest BCUT2D eigenvalue weighted by molar-refractivity contribution is -0.135. The second kappa shape index (κ2) is 4.99. The molecular weight excluding hydrogens is 340 g/mol. The van der Waals surface area contributed by atoms with E-state index in [-0.39, 0.29) is 28.7 Å². The molecule has 0 radical (unpaired) electrons. The Morgan fingerprint density at radius 3 is 2.70 bits per heavy atom. The van der Waals surface area contributed by atoms with Crippen LogP contribution < -0.4 is 0 Å². The molecule has 6 aliphatic rings. The van der Waals surface area contributed by atoms with E-state index >= 15 is 0 Å². The predicted octanol–water partition coefficient (Wildman–Crippen LogP) is 3.76. The number of aliphatic hydroxyl groups excluding tert-OH is 1. The van der Waals surface area contributed by atoms with Gasteiger partial charge in [0.15, 0.2) is 0 Å². The molecule has 4 aliphatic carbocycles. The molecule has 4 heteroatoms. The Kier molecular flexibility index (Phi) is 3.15. The van der Waals surface area contributed by atoms with Gasteiger partial charge in [-0.05, 0) is 86.5 Å². The summed E-state index contributed by atoms with van der Waals surface area (Å²) in [5.74, 6) is 1.56. The molecule has 1 saturated heterocycles. The van der Waals surface area contributed by atoms with E-state index in [0.717, 1.165) is 32.1 Å². The number of rotatable bonds is 1. The molecule has 4 nitrogen and oxygen atoms in total. The van der Waals surface area contributed by atoms with Gasteiger partial charge in [-0.15, -0.1) is 0 Å². The van der Waals surface area contributed by atoms with E-state index in [1.54, 1.807) is 6.08 Å². The molecule has 27 heavy (non-hydrogen) atoms. The van der Waals surface area contributed by atoms with E-state index in [1.807, 2.05) is 0 Å². The van der Waals surface area contributed by atoms with Crippen LogP contribution in [-0.4, -0.2) is 35.0 Å². The number of epoxide rings is 1. The highest BCUT2D eigenvalue weighted by Crippen LogP contribution is 2.81. The molecule has 0 aromatic carbocycles. The lowest BCUT2D eigenvalue weighted by atomic mass is 9.44. The SMILES string of the molecule is CC12CCC(O)CC1CCC13OC14CCC(C1=CC(=O)OC1)C4(C)CCC23. The average molecular weight is 373 g/mol. The Labute approximate surface area is 161 Å². The summed E-state index contributed by atoms with van der Waals surface area (Å²) in [6.45, 7) is 5.44. The van der Waals surface area contributed by atoms with Gasteiger partial charge in [0.2, 0.25) is 0 Å². The number of carbonyl (C=O) groups is 1. The van der Waals surface area contributed by atoms with Crippen molar-refractivity contribution in [3.63, 3.8) is 0 Å². The standard InChI is InChI=1S/C23H32O4/c1-20-7-4-16(24)12-15(20)3-9-22-18(20)6-8-21(2)17(5-10-23(21,22)27-22)14-11-19(25)26-13-14/h11,15-18,24H,3-10,12-13H2,1-2H3. The minimum atomic E-state index is -0.163. The fraction of sp³-hybridized carbons (Fsp3) is 0.870. The maximum atomic E-state index is 11.7. The number of hydrogen-bond acceptors (Lipinski definition) is 4. The number of cyclic esters (lactones) is 1. The van der Waals surface area contributed by atoms with Crippen molar-refractivity contribution in [2.75, 3.05) is 6.61 Å². The molecule has 2 heterocycles. The number of ether oxygens (including phenoxy) is 2. The van der Waals surface area contributed by atoms with E-state index in [4.69, 9.17) is 9.47 Å².